The van der Waals surface area contributed by atoms with Gasteiger partial charge in [-0.1, -0.05) is 0 Å². The van der Waals surface area contributed by atoms with Gasteiger partial charge in [0.15, 0.2) is 0 Å². The van der Waals surface area contributed by atoms with Crippen molar-refractivity contribution in [2.45, 2.75) is 38.2 Å². The fourth-order valence-corrected chi connectivity index (χ4v) is 2.22. The number of amides is 1. The lowest BCUT2D eigenvalue weighted by Crippen LogP contribution is -2.41. The number of hydrogen-bond acceptors (Lipinski definition) is 3. The molecule has 1 heterocycles. The maximum Gasteiger partial charge on any atom is 0.223 e. The maximum absolute atomic E-state index is 11.8. The molecule has 0 unspecified atom stereocenters. The average Bonchev–Trinajstić information content (AvgIpc) is 3.18. The van der Waals surface area contributed by atoms with Crippen LogP contribution in [0.1, 0.15) is 32.1 Å². The Morgan fingerprint density at radius 3 is 2.59 bits per heavy atom. The fraction of sp³-hybridized carbons (Fsp3) is 0.923. The number of ether oxygens (including phenoxy) is 1. The first-order valence-corrected chi connectivity index (χ1v) is 6.83. The molecule has 4 nitrogen and oxygen atoms in total. The van der Waals surface area contributed by atoms with Gasteiger partial charge in [0.2, 0.25) is 5.91 Å². The van der Waals surface area contributed by atoms with E-state index < -0.39 is 0 Å². The van der Waals surface area contributed by atoms with Crippen molar-refractivity contribution >= 4 is 5.91 Å². The second kappa shape index (κ2) is 6.36. The van der Waals surface area contributed by atoms with Crippen LogP contribution in [-0.4, -0.2) is 50.2 Å². The first-order valence-electron chi connectivity index (χ1n) is 6.83. The van der Waals surface area contributed by atoms with Crippen LogP contribution in [0.25, 0.3) is 0 Å². The third-order valence-corrected chi connectivity index (χ3v) is 3.65. The number of piperidine rings is 1. The predicted molar refractivity (Wildman–Crippen MR) is 66.8 cm³/mol. The average molecular weight is 240 g/mol. The minimum Gasteiger partial charge on any atom is -0.378 e. The second-order valence-electron chi connectivity index (χ2n) is 5.21. The molecule has 0 atom stereocenters. The van der Waals surface area contributed by atoms with Crippen molar-refractivity contribution < 1.29 is 9.53 Å². The highest BCUT2D eigenvalue weighted by atomic mass is 16.5. The number of likely N-dealkylation sites (tertiary alicyclic amines) is 1. The van der Waals surface area contributed by atoms with E-state index in [-0.39, 0.29) is 5.91 Å². The summed E-state index contributed by atoms with van der Waals surface area (Å²) in [6.45, 7) is 3.46. The topological polar surface area (TPSA) is 41.6 Å². The SMILES string of the molecule is CNCCC(=O)N1CCC(OCC2CC2)CC1. The first kappa shape index (κ1) is 12.8. The van der Waals surface area contributed by atoms with Gasteiger partial charge in [-0.3, -0.25) is 4.79 Å². The van der Waals surface area contributed by atoms with Crippen LogP contribution < -0.4 is 5.32 Å². The Balaban J connectivity index is 1.60. The van der Waals surface area contributed by atoms with Crippen molar-refractivity contribution in [3.05, 3.63) is 0 Å². The molecular formula is C13H24N2O2. The van der Waals surface area contributed by atoms with Crippen LogP contribution in [0.4, 0.5) is 0 Å². The molecule has 2 rings (SSSR count). The van der Waals surface area contributed by atoms with E-state index in [1.807, 2.05) is 11.9 Å². The van der Waals surface area contributed by atoms with Gasteiger partial charge in [-0.25, -0.2) is 0 Å². The Hall–Kier alpha value is -0.610. The van der Waals surface area contributed by atoms with E-state index in [0.717, 1.165) is 45.0 Å². The van der Waals surface area contributed by atoms with Gasteiger partial charge in [0.05, 0.1) is 6.10 Å². The first-order chi connectivity index (χ1) is 8.29. The summed E-state index contributed by atoms with van der Waals surface area (Å²) < 4.78 is 5.87. The van der Waals surface area contributed by atoms with E-state index >= 15 is 0 Å². The number of nitrogens with zero attached hydrogens (tertiary/aromatic N) is 1. The fourth-order valence-electron chi connectivity index (χ4n) is 2.22. The van der Waals surface area contributed by atoms with E-state index in [0.29, 0.717) is 12.5 Å². The molecule has 1 aliphatic carbocycles. The monoisotopic (exact) mass is 240 g/mol. The zero-order chi connectivity index (χ0) is 12.1. The Morgan fingerprint density at radius 1 is 1.29 bits per heavy atom. The zero-order valence-corrected chi connectivity index (χ0v) is 10.8. The van der Waals surface area contributed by atoms with E-state index in [9.17, 15) is 4.79 Å². The molecule has 1 saturated carbocycles. The van der Waals surface area contributed by atoms with Gasteiger partial charge in [-0.2, -0.15) is 0 Å². The van der Waals surface area contributed by atoms with Crippen molar-refractivity contribution in [1.82, 2.24) is 10.2 Å². The van der Waals surface area contributed by atoms with Crippen LogP contribution in [-0.2, 0) is 9.53 Å². The summed E-state index contributed by atoms with van der Waals surface area (Å²) in [5.41, 5.74) is 0. The summed E-state index contributed by atoms with van der Waals surface area (Å²) >= 11 is 0. The minimum atomic E-state index is 0.278. The quantitative estimate of drug-likeness (QED) is 0.753. The van der Waals surface area contributed by atoms with Crippen LogP contribution >= 0.6 is 0 Å². The minimum absolute atomic E-state index is 0.278. The van der Waals surface area contributed by atoms with Gasteiger partial charge >= 0.3 is 0 Å². The van der Waals surface area contributed by atoms with Crippen molar-refractivity contribution in [3.8, 4) is 0 Å². The van der Waals surface area contributed by atoms with Crippen LogP contribution in [0.2, 0.25) is 0 Å². The highest BCUT2D eigenvalue weighted by Gasteiger charge is 2.26. The van der Waals surface area contributed by atoms with Crippen molar-refractivity contribution in [3.63, 3.8) is 0 Å². The molecule has 1 aliphatic heterocycles. The zero-order valence-electron chi connectivity index (χ0n) is 10.8. The molecule has 0 spiro atoms. The summed E-state index contributed by atoms with van der Waals surface area (Å²) in [6, 6.07) is 0. The Kier molecular flexibility index (Phi) is 4.80. The molecule has 0 aromatic carbocycles. The number of hydrogen-bond donors (Lipinski definition) is 1. The molecular weight excluding hydrogens is 216 g/mol. The summed E-state index contributed by atoms with van der Waals surface area (Å²) in [6.07, 6.45) is 5.73. The lowest BCUT2D eigenvalue weighted by atomic mass is 10.1. The highest BCUT2D eigenvalue weighted by Crippen LogP contribution is 2.30. The summed E-state index contributed by atoms with van der Waals surface area (Å²) in [4.78, 5) is 13.8. The number of rotatable bonds is 6. The molecule has 2 aliphatic rings. The van der Waals surface area contributed by atoms with Gasteiger partial charge < -0.3 is 15.0 Å². The summed E-state index contributed by atoms with van der Waals surface area (Å²) in [7, 11) is 1.88. The normalized spacial score (nSPS) is 21.8. The molecule has 17 heavy (non-hydrogen) atoms. The number of nitrogens with one attached hydrogen (secondary N) is 1. The summed E-state index contributed by atoms with van der Waals surface area (Å²) in [5.74, 6) is 1.12. The molecule has 0 aromatic heterocycles. The van der Waals surface area contributed by atoms with Crippen LogP contribution in [0, 0.1) is 5.92 Å². The molecule has 0 radical (unpaired) electrons. The Morgan fingerprint density at radius 2 is 2.00 bits per heavy atom. The van der Waals surface area contributed by atoms with Gasteiger partial charge in [0.25, 0.3) is 0 Å². The molecule has 0 bridgehead atoms. The predicted octanol–water partition coefficient (Wildman–Crippen LogP) is 1.01. The number of carbonyl (C=O) groups is 1. The molecule has 98 valence electrons. The molecule has 2 fully saturated rings. The van der Waals surface area contributed by atoms with Crippen molar-refractivity contribution in [2.24, 2.45) is 5.92 Å². The molecule has 4 heteroatoms. The third-order valence-electron chi connectivity index (χ3n) is 3.65. The van der Waals surface area contributed by atoms with E-state index in [1.54, 1.807) is 0 Å². The van der Waals surface area contributed by atoms with Gasteiger partial charge in [-0.05, 0) is 38.6 Å². The second-order valence-corrected chi connectivity index (χ2v) is 5.21. The highest BCUT2D eigenvalue weighted by molar-refractivity contribution is 5.76. The smallest absolute Gasteiger partial charge is 0.223 e. The molecule has 0 aromatic rings. The van der Waals surface area contributed by atoms with Crippen LogP contribution in [0.3, 0.4) is 0 Å². The van der Waals surface area contributed by atoms with Crippen molar-refractivity contribution in [1.29, 1.82) is 0 Å². The molecule has 1 saturated heterocycles. The van der Waals surface area contributed by atoms with Gasteiger partial charge in [0.1, 0.15) is 0 Å². The lowest BCUT2D eigenvalue weighted by molar-refractivity contribution is -0.133. The van der Waals surface area contributed by atoms with E-state index in [4.69, 9.17) is 4.74 Å². The van der Waals surface area contributed by atoms with Crippen LogP contribution in [0.5, 0.6) is 0 Å². The molecule has 1 N–H and O–H groups in total. The Bertz CT molecular complexity index is 246. The number of carbonyl (C=O) groups excluding carboxylic acids is 1. The molecule has 1 amide bonds. The lowest BCUT2D eigenvalue weighted by Gasteiger charge is -2.32. The third kappa shape index (κ3) is 4.28. The standard InChI is InChI=1S/C13H24N2O2/c1-14-7-4-13(16)15-8-5-12(6-9-15)17-10-11-2-3-11/h11-12,14H,2-10H2,1H3. The van der Waals surface area contributed by atoms with E-state index in [2.05, 4.69) is 5.32 Å². The summed E-state index contributed by atoms with van der Waals surface area (Å²) in [5, 5.41) is 3.01. The van der Waals surface area contributed by atoms with Crippen LogP contribution in [0.15, 0.2) is 0 Å². The Labute approximate surface area is 104 Å². The van der Waals surface area contributed by atoms with Gasteiger partial charge in [0, 0.05) is 32.7 Å². The maximum atomic E-state index is 11.8. The largest absolute Gasteiger partial charge is 0.378 e. The van der Waals surface area contributed by atoms with Crippen molar-refractivity contribution in [2.75, 3.05) is 33.3 Å². The van der Waals surface area contributed by atoms with Gasteiger partial charge in [-0.15, -0.1) is 0 Å². The van der Waals surface area contributed by atoms with E-state index in [1.165, 1.54) is 12.8 Å².